The van der Waals surface area contributed by atoms with Gasteiger partial charge in [-0.2, -0.15) is 4.31 Å². The van der Waals surface area contributed by atoms with Crippen LogP contribution >= 0.6 is 0 Å². The summed E-state index contributed by atoms with van der Waals surface area (Å²) < 4.78 is 25.0. The zero-order chi connectivity index (χ0) is 12.0. The van der Waals surface area contributed by atoms with E-state index in [1.165, 1.54) is 4.31 Å². The van der Waals surface area contributed by atoms with E-state index in [-0.39, 0.29) is 31.2 Å². The molecule has 1 saturated carbocycles. The molecule has 6 nitrogen and oxygen atoms in total. The highest BCUT2D eigenvalue weighted by Crippen LogP contribution is 2.32. The zero-order valence-electron chi connectivity index (χ0n) is 8.92. The summed E-state index contributed by atoms with van der Waals surface area (Å²) in [6.45, 7) is 0.120. The molecular weight excluding hydrogens is 232 g/mol. The molecule has 3 N–H and O–H groups in total. The SMILES string of the molecule is NC1(C(=O)O)CCN(S(=O)(=O)CC2CC2)C1. The fourth-order valence-corrected chi connectivity index (χ4v) is 3.83. The molecule has 92 valence electrons. The summed E-state index contributed by atoms with van der Waals surface area (Å²) in [6.07, 6.45) is 2.10. The Morgan fingerprint density at radius 2 is 2.12 bits per heavy atom. The van der Waals surface area contributed by atoms with Crippen molar-refractivity contribution in [3.05, 3.63) is 0 Å². The molecule has 2 rings (SSSR count). The van der Waals surface area contributed by atoms with Gasteiger partial charge in [0, 0.05) is 13.1 Å². The lowest BCUT2D eigenvalue weighted by Crippen LogP contribution is -2.50. The Kier molecular flexibility index (Phi) is 2.72. The van der Waals surface area contributed by atoms with Crippen molar-refractivity contribution in [1.29, 1.82) is 0 Å². The van der Waals surface area contributed by atoms with Gasteiger partial charge < -0.3 is 10.8 Å². The van der Waals surface area contributed by atoms with Crippen molar-refractivity contribution in [2.75, 3.05) is 18.8 Å². The standard InChI is InChI=1S/C9H16N2O4S/c10-9(8(12)13)3-4-11(6-9)16(14,15)5-7-1-2-7/h7H,1-6,10H2,(H,12,13). The van der Waals surface area contributed by atoms with E-state index in [0.29, 0.717) is 0 Å². The number of hydrogen-bond acceptors (Lipinski definition) is 4. The first-order valence-corrected chi connectivity index (χ1v) is 6.94. The van der Waals surface area contributed by atoms with Crippen LogP contribution in [0.15, 0.2) is 0 Å². The lowest BCUT2D eigenvalue weighted by Gasteiger charge is -2.19. The van der Waals surface area contributed by atoms with E-state index in [4.69, 9.17) is 10.8 Å². The topological polar surface area (TPSA) is 101 Å². The normalized spacial score (nSPS) is 31.8. The lowest BCUT2D eigenvalue weighted by atomic mass is 10.0. The number of rotatable bonds is 4. The van der Waals surface area contributed by atoms with Crippen LogP contribution in [0.2, 0.25) is 0 Å². The van der Waals surface area contributed by atoms with Gasteiger partial charge in [-0.25, -0.2) is 8.42 Å². The highest BCUT2D eigenvalue weighted by Gasteiger charge is 2.46. The van der Waals surface area contributed by atoms with Crippen LogP contribution in [0, 0.1) is 5.92 Å². The third-order valence-electron chi connectivity index (χ3n) is 3.23. The first-order chi connectivity index (χ1) is 7.33. The number of carboxylic acid groups (broad SMARTS) is 1. The van der Waals surface area contributed by atoms with E-state index in [2.05, 4.69) is 0 Å². The van der Waals surface area contributed by atoms with Gasteiger partial charge in [-0.15, -0.1) is 0 Å². The average molecular weight is 248 g/mol. The molecule has 1 atom stereocenters. The maximum atomic E-state index is 11.9. The first kappa shape index (κ1) is 11.8. The van der Waals surface area contributed by atoms with Crippen LogP contribution in [0.5, 0.6) is 0 Å². The second-order valence-corrected chi connectivity index (χ2v) is 6.78. The molecule has 1 heterocycles. The van der Waals surface area contributed by atoms with E-state index < -0.39 is 21.5 Å². The van der Waals surface area contributed by atoms with Crippen LogP contribution in [-0.2, 0) is 14.8 Å². The van der Waals surface area contributed by atoms with Gasteiger partial charge in [0.05, 0.1) is 5.75 Å². The van der Waals surface area contributed by atoms with Gasteiger partial charge in [0.2, 0.25) is 10.0 Å². The summed E-state index contributed by atoms with van der Waals surface area (Å²) in [6, 6.07) is 0. The van der Waals surface area contributed by atoms with Crippen LogP contribution < -0.4 is 5.73 Å². The summed E-state index contributed by atoms with van der Waals surface area (Å²) in [5.41, 5.74) is 4.22. The predicted octanol–water partition coefficient (Wildman–Crippen LogP) is -0.786. The van der Waals surface area contributed by atoms with Crippen molar-refractivity contribution in [3.63, 3.8) is 0 Å². The molecule has 16 heavy (non-hydrogen) atoms. The third kappa shape index (κ3) is 2.21. The molecule has 2 aliphatic rings. The largest absolute Gasteiger partial charge is 0.480 e. The molecule has 1 saturated heterocycles. The average Bonchev–Trinajstić information content (AvgIpc) is 2.85. The van der Waals surface area contributed by atoms with E-state index in [0.717, 1.165) is 12.8 Å². The number of nitrogens with two attached hydrogens (primary N) is 1. The monoisotopic (exact) mass is 248 g/mol. The molecular formula is C9H16N2O4S. The Morgan fingerprint density at radius 1 is 1.50 bits per heavy atom. The van der Waals surface area contributed by atoms with Gasteiger partial charge in [0.25, 0.3) is 0 Å². The minimum absolute atomic E-state index is 0.0998. The van der Waals surface area contributed by atoms with Crippen LogP contribution in [0.25, 0.3) is 0 Å². The van der Waals surface area contributed by atoms with Crippen LogP contribution in [0.4, 0.5) is 0 Å². The molecule has 2 fully saturated rings. The van der Waals surface area contributed by atoms with E-state index in [9.17, 15) is 13.2 Å². The smallest absolute Gasteiger partial charge is 0.325 e. The van der Waals surface area contributed by atoms with Crippen LogP contribution in [-0.4, -0.2) is 48.2 Å². The minimum Gasteiger partial charge on any atom is -0.480 e. The van der Waals surface area contributed by atoms with Crippen molar-refractivity contribution in [3.8, 4) is 0 Å². The maximum absolute atomic E-state index is 11.9. The summed E-state index contributed by atoms with van der Waals surface area (Å²) in [5, 5.41) is 8.90. The molecule has 1 unspecified atom stereocenters. The fraction of sp³-hybridized carbons (Fsp3) is 0.889. The Morgan fingerprint density at radius 3 is 2.56 bits per heavy atom. The van der Waals surface area contributed by atoms with Crippen LogP contribution in [0.3, 0.4) is 0 Å². The van der Waals surface area contributed by atoms with Gasteiger partial charge in [-0.1, -0.05) is 0 Å². The first-order valence-electron chi connectivity index (χ1n) is 5.34. The number of carbonyl (C=O) groups is 1. The van der Waals surface area contributed by atoms with Gasteiger partial charge in [0.1, 0.15) is 5.54 Å². The van der Waals surface area contributed by atoms with Crippen molar-refractivity contribution in [2.24, 2.45) is 11.7 Å². The molecule has 1 aliphatic heterocycles. The Bertz CT molecular complexity index is 404. The maximum Gasteiger partial charge on any atom is 0.325 e. The molecule has 0 aromatic heterocycles. The van der Waals surface area contributed by atoms with Gasteiger partial charge in [0.15, 0.2) is 0 Å². The number of carboxylic acids is 1. The van der Waals surface area contributed by atoms with Crippen molar-refractivity contribution in [1.82, 2.24) is 4.31 Å². The van der Waals surface area contributed by atoms with E-state index >= 15 is 0 Å². The van der Waals surface area contributed by atoms with Crippen LogP contribution in [0.1, 0.15) is 19.3 Å². The Labute approximate surface area is 94.5 Å². The van der Waals surface area contributed by atoms with E-state index in [1.807, 2.05) is 0 Å². The molecule has 0 aromatic carbocycles. The Hall–Kier alpha value is -0.660. The summed E-state index contributed by atoms with van der Waals surface area (Å²) in [7, 11) is -3.31. The molecule has 0 spiro atoms. The fourth-order valence-electron chi connectivity index (χ4n) is 1.90. The molecule has 0 radical (unpaired) electrons. The van der Waals surface area contributed by atoms with Gasteiger partial charge in [-0.3, -0.25) is 4.79 Å². The number of hydrogen-bond donors (Lipinski definition) is 2. The molecule has 0 aromatic rings. The highest BCUT2D eigenvalue weighted by molar-refractivity contribution is 7.89. The number of nitrogens with zero attached hydrogens (tertiary/aromatic N) is 1. The number of sulfonamides is 1. The molecule has 1 aliphatic carbocycles. The highest BCUT2D eigenvalue weighted by atomic mass is 32.2. The summed E-state index contributed by atoms with van der Waals surface area (Å²) in [4.78, 5) is 10.9. The second kappa shape index (κ2) is 3.68. The lowest BCUT2D eigenvalue weighted by molar-refractivity contribution is -0.142. The second-order valence-electron chi connectivity index (χ2n) is 4.77. The summed E-state index contributed by atoms with van der Waals surface area (Å²) in [5.74, 6) is -0.720. The minimum atomic E-state index is -3.31. The molecule has 0 amide bonds. The zero-order valence-corrected chi connectivity index (χ0v) is 9.74. The molecule has 0 bridgehead atoms. The third-order valence-corrected chi connectivity index (χ3v) is 5.22. The quantitative estimate of drug-likeness (QED) is 0.679. The summed E-state index contributed by atoms with van der Waals surface area (Å²) >= 11 is 0. The van der Waals surface area contributed by atoms with Crippen molar-refractivity contribution in [2.45, 2.75) is 24.8 Å². The number of aliphatic carboxylic acids is 1. The van der Waals surface area contributed by atoms with E-state index in [1.54, 1.807) is 0 Å². The molecule has 7 heteroatoms. The van der Waals surface area contributed by atoms with Gasteiger partial charge in [-0.05, 0) is 25.2 Å². The van der Waals surface area contributed by atoms with Crippen molar-refractivity contribution < 1.29 is 18.3 Å². The van der Waals surface area contributed by atoms with Gasteiger partial charge >= 0.3 is 5.97 Å². The Balaban J connectivity index is 2.04. The predicted molar refractivity (Wildman–Crippen MR) is 57.3 cm³/mol. The van der Waals surface area contributed by atoms with Crippen molar-refractivity contribution >= 4 is 16.0 Å².